The molecule has 1 aliphatic heterocycles. The number of anilines is 1. The van der Waals surface area contributed by atoms with Crippen LogP contribution < -0.4 is 4.90 Å². The van der Waals surface area contributed by atoms with Crippen LogP contribution in [0.15, 0.2) is 12.1 Å². The summed E-state index contributed by atoms with van der Waals surface area (Å²) < 4.78 is 0. The van der Waals surface area contributed by atoms with Crippen molar-refractivity contribution in [2.45, 2.75) is 25.4 Å². The van der Waals surface area contributed by atoms with Gasteiger partial charge in [-0.25, -0.2) is 4.98 Å². The lowest BCUT2D eigenvalue weighted by Crippen LogP contribution is -2.63. The molecule has 0 radical (unpaired) electrons. The van der Waals surface area contributed by atoms with Gasteiger partial charge in [0, 0.05) is 5.69 Å². The fraction of sp³-hybridized carbons (Fsp3) is 0.538. The van der Waals surface area contributed by atoms with E-state index < -0.39 is 5.60 Å². The number of nitrogens with zero attached hydrogens (tertiary/aromatic N) is 3. The molecule has 1 aromatic rings. The Kier molecular flexibility index (Phi) is 2.14. The Balaban J connectivity index is 1.82. The number of pyridine rings is 1. The van der Waals surface area contributed by atoms with Gasteiger partial charge in [-0.2, -0.15) is 5.26 Å². The first-order valence-electron chi connectivity index (χ1n) is 5.97. The number of nitriles is 1. The normalized spacial score (nSPS) is 21.8. The lowest BCUT2D eigenvalue weighted by atomic mass is 9.88. The van der Waals surface area contributed by atoms with Crippen LogP contribution in [-0.2, 0) is 0 Å². The molecule has 0 bridgehead atoms. The summed E-state index contributed by atoms with van der Waals surface area (Å²) in [5.41, 5.74) is 0.965. The Bertz CT molecular complexity index is 496. The van der Waals surface area contributed by atoms with Crippen LogP contribution >= 0.6 is 0 Å². The molecule has 1 aromatic heterocycles. The molecule has 3 rings (SSSR count). The van der Waals surface area contributed by atoms with E-state index in [4.69, 9.17) is 5.26 Å². The third-order valence-corrected chi connectivity index (χ3v) is 3.70. The van der Waals surface area contributed by atoms with Crippen molar-refractivity contribution < 1.29 is 5.11 Å². The van der Waals surface area contributed by atoms with Crippen LogP contribution in [0.25, 0.3) is 0 Å². The lowest BCUT2D eigenvalue weighted by Gasteiger charge is -2.47. The fourth-order valence-electron chi connectivity index (χ4n) is 2.51. The number of β-amino-alcohol motifs (C(OH)–C–C–N with tert-alkyl or cyclic N) is 1. The maximum Gasteiger partial charge on any atom is 0.147 e. The highest BCUT2D eigenvalue weighted by Crippen LogP contribution is 2.45. The van der Waals surface area contributed by atoms with E-state index in [0.717, 1.165) is 24.4 Å². The zero-order valence-electron chi connectivity index (χ0n) is 9.85. The number of hydrogen-bond acceptors (Lipinski definition) is 4. The van der Waals surface area contributed by atoms with Crippen molar-refractivity contribution in [2.24, 2.45) is 5.92 Å². The molecule has 1 N–H and O–H groups in total. The molecule has 88 valence electrons. The molecule has 2 heterocycles. The van der Waals surface area contributed by atoms with E-state index in [1.54, 1.807) is 6.07 Å². The number of aromatic nitrogens is 1. The first-order chi connectivity index (χ1) is 8.12. The zero-order valence-corrected chi connectivity index (χ0v) is 9.85. The molecule has 0 spiro atoms. The second-order valence-electron chi connectivity index (χ2n) is 5.17. The molecular formula is C13H15N3O. The van der Waals surface area contributed by atoms with Gasteiger partial charge in [-0.05, 0) is 37.8 Å². The third-order valence-electron chi connectivity index (χ3n) is 3.70. The molecule has 0 amide bonds. The van der Waals surface area contributed by atoms with Gasteiger partial charge in [0.2, 0.25) is 0 Å². The summed E-state index contributed by atoms with van der Waals surface area (Å²) in [4.78, 5) is 6.41. The van der Waals surface area contributed by atoms with Crippen LogP contribution in [0, 0.1) is 24.2 Å². The smallest absolute Gasteiger partial charge is 0.147 e. The Morgan fingerprint density at radius 1 is 1.47 bits per heavy atom. The van der Waals surface area contributed by atoms with Gasteiger partial charge in [0.1, 0.15) is 17.5 Å². The highest BCUT2D eigenvalue weighted by atomic mass is 16.3. The largest absolute Gasteiger partial charge is 0.386 e. The molecule has 4 nitrogen and oxygen atoms in total. The average Bonchev–Trinajstić information content (AvgIpc) is 3.08. The molecule has 2 aliphatic rings. The second kappa shape index (κ2) is 3.44. The van der Waals surface area contributed by atoms with Crippen molar-refractivity contribution in [2.75, 3.05) is 18.0 Å². The summed E-state index contributed by atoms with van der Waals surface area (Å²) in [6.45, 7) is 3.14. The number of hydrogen-bond donors (Lipinski definition) is 1. The van der Waals surface area contributed by atoms with E-state index in [1.165, 1.54) is 0 Å². The first kappa shape index (κ1) is 10.5. The standard InChI is InChI=1S/C13H15N3O/c1-9-2-3-10(6-14)12(15-9)16-7-13(17,8-16)11-4-5-11/h2-3,11,17H,4-5,7-8H2,1H3. The van der Waals surface area contributed by atoms with Gasteiger partial charge in [0.05, 0.1) is 18.7 Å². The summed E-state index contributed by atoms with van der Waals surface area (Å²) >= 11 is 0. The molecule has 1 saturated heterocycles. The molecule has 2 fully saturated rings. The van der Waals surface area contributed by atoms with Gasteiger partial charge in [-0.3, -0.25) is 0 Å². The van der Waals surface area contributed by atoms with Gasteiger partial charge < -0.3 is 10.0 Å². The van der Waals surface area contributed by atoms with E-state index in [1.807, 2.05) is 17.9 Å². The van der Waals surface area contributed by atoms with Crippen LogP contribution in [0.5, 0.6) is 0 Å². The molecule has 0 aromatic carbocycles. The summed E-state index contributed by atoms with van der Waals surface area (Å²) in [6.07, 6.45) is 2.27. The van der Waals surface area contributed by atoms with Crippen LogP contribution in [0.1, 0.15) is 24.1 Å². The molecule has 1 saturated carbocycles. The summed E-state index contributed by atoms with van der Waals surface area (Å²) in [5, 5.41) is 19.3. The molecule has 0 unspecified atom stereocenters. The van der Waals surface area contributed by atoms with Crippen LogP contribution in [0.2, 0.25) is 0 Å². The average molecular weight is 229 g/mol. The minimum absolute atomic E-state index is 0.467. The van der Waals surface area contributed by atoms with Crippen LogP contribution in [0.3, 0.4) is 0 Å². The lowest BCUT2D eigenvalue weighted by molar-refractivity contribution is -0.00977. The maximum atomic E-state index is 10.3. The molecule has 17 heavy (non-hydrogen) atoms. The van der Waals surface area contributed by atoms with Gasteiger partial charge in [-0.1, -0.05) is 0 Å². The Labute approximate surface area is 101 Å². The van der Waals surface area contributed by atoms with Crippen LogP contribution in [-0.4, -0.2) is 28.8 Å². The van der Waals surface area contributed by atoms with E-state index in [-0.39, 0.29) is 0 Å². The molecule has 0 atom stereocenters. The molecular weight excluding hydrogens is 214 g/mol. The summed E-state index contributed by atoms with van der Waals surface area (Å²) in [7, 11) is 0. The molecule has 4 heteroatoms. The number of rotatable bonds is 2. The fourth-order valence-corrected chi connectivity index (χ4v) is 2.51. The SMILES string of the molecule is Cc1ccc(C#N)c(N2CC(O)(C3CC3)C2)n1. The van der Waals surface area contributed by atoms with Crippen molar-refractivity contribution in [3.05, 3.63) is 23.4 Å². The van der Waals surface area contributed by atoms with Crippen molar-refractivity contribution in [1.29, 1.82) is 5.26 Å². The van der Waals surface area contributed by atoms with E-state index in [2.05, 4.69) is 11.1 Å². The third kappa shape index (κ3) is 1.67. The maximum absolute atomic E-state index is 10.3. The van der Waals surface area contributed by atoms with Crippen molar-refractivity contribution >= 4 is 5.82 Å². The minimum Gasteiger partial charge on any atom is -0.386 e. The second-order valence-corrected chi connectivity index (χ2v) is 5.17. The quantitative estimate of drug-likeness (QED) is 0.828. The Morgan fingerprint density at radius 3 is 2.76 bits per heavy atom. The van der Waals surface area contributed by atoms with E-state index >= 15 is 0 Å². The topological polar surface area (TPSA) is 60.2 Å². The summed E-state index contributed by atoms with van der Waals surface area (Å²) in [6, 6.07) is 5.80. The van der Waals surface area contributed by atoms with Crippen LogP contribution in [0.4, 0.5) is 5.82 Å². The van der Waals surface area contributed by atoms with Gasteiger partial charge in [0.15, 0.2) is 0 Å². The molecule has 1 aliphatic carbocycles. The number of aryl methyl sites for hydroxylation is 1. The monoisotopic (exact) mass is 229 g/mol. The first-order valence-corrected chi connectivity index (χ1v) is 5.97. The summed E-state index contributed by atoms with van der Waals surface area (Å²) in [5.74, 6) is 1.19. The van der Waals surface area contributed by atoms with Crippen molar-refractivity contribution in [3.8, 4) is 6.07 Å². The Morgan fingerprint density at radius 2 is 2.18 bits per heavy atom. The van der Waals surface area contributed by atoms with Gasteiger partial charge >= 0.3 is 0 Å². The predicted octanol–water partition coefficient (Wildman–Crippen LogP) is 1.22. The van der Waals surface area contributed by atoms with Crippen molar-refractivity contribution in [3.63, 3.8) is 0 Å². The van der Waals surface area contributed by atoms with Crippen molar-refractivity contribution in [1.82, 2.24) is 4.98 Å². The predicted molar refractivity (Wildman–Crippen MR) is 63.6 cm³/mol. The van der Waals surface area contributed by atoms with E-state index in [9.17, 15) is 5.11 Å². The Hall–Kier alpha value is -1.60. The van der Waals surface area contributed by atoms with Gasteiger partial charge in [0.25, 0.3) is 0 Å². The van der Waals surface area contributed by atoms with Gasteiger partial charge in [-0.15, -0.1) is 0 Å². The highest BCUT2D eigenvalue weighted by Gasteiger charge is 2.52. The highest BCUT2D eigenvalue weighted by molar-refractivity contribution is 5.57. The number of aliphatic hydroxyl groups is 1. The minimum atomic E-state index is -0.530. The zero-order chi connectivity index (χ0) is 12.0. The van der Waals surface area contributed by atoms with E-state index in [0.29, 0.717) is 24.6 Å².